The summed E-state index contributed by atoms with van der Waals surface area (Å²) >= 11 is 0. The highest BCUT2D eigenvalue weighted by molar-refractivity contribution is 5.77. The molecule has 0 fully saturated rings. The highest BCUT2D eigenvalue weighted by Gasteiger charge is 2.31. The van der Waals surface area contributed by atoms with Crippen LogP contribution in [-0.4, -0.2) is 34.1 Å². The highest BCUT2D eigenvalue weighted by Crippen LogP contribution is 2.31. The van der Waals surface area contributed by atoms with Crippen molar-refractivity contribution >= 4 is 11.0 Å². The van der Waals surface area contributed by atoms with Gasteiger partial charge in [-0.05, 0) is 56.4 Å². The van der Waals surface area contributed by atoms with Crippen molar-refractivity contribution in [1.82, 2.24) is 14.5 Å². The van der Waals surface area contributed by atoms with Crippen LogP contribution in [0.3, 0.4) is 0 Å². The normalized spacial score (nSPS) is 12.1. The van der Waals surface area contributed by atoms with E-state index < -0.39 is 11.7 Å². The van der Waals surface area contributed by atoms with E-state index in [9.17, 15) is 13.2 Å². The predicted octanol–water partition coefficient (Wildman–Crippen LogP) is 5.37. The van der Waals surface area contributed by atoms with Crippen LogP contribution in [0.5, 0.6) is 5.75 Å². The van der Waals surface area contributed by atoms with Gasteiger partial charge in [-0.15, -0.1) is 0 Å². The molecule has 3 aromatic rings. The van der Waals surface area contributed by atoms with E-state index in [0.717, 1.165) is 38.2 Å². The summed E-state index contributed by atoms with van der Waals surface area (Å²) < 4.78 is 47.1. The number of fused-ring (bicyclic) bond motifs is 1. The number of ether oxygens (including phenoxy) is 1. The van der Waals surface area contributed by atoms with Crippen molar-refractivity contribution in [3.05, 3.63) is 59.9 Å². The van der Waals surface area contributed by atoms with Gasteiger partial charge in [0.1, 0.15) is 18.2 Å². The minimum atomic E-state index is -4.39. The molecule has 156 valence electrons. The summed E-state index contributed by atoms with van der Waals surface area (Å²) in [7, 11) is 0. The lowest BCUT2D eigenvalue weighted by Crippen LogP contribution is -2.25. The number of aryl methyl sites for hydroxylation is 1. The van der Waals surface area contributed by atoms with Gasteiger partial charge in [-0.3, -0.25) is 0 Å². The maximum absolute atomic E-state index is 13.1. The van der Waals surface area contributed by atoms with E-state index in [2.05, 4.69) is 23.7 Å². The van der Waals surface area contributed by atoms with Gasteiger partial charge in [0.2, 0.25) is 0 Å². The summed E-state index contributed by atoms with van der Waals surface area (Å²) in [4.78, 5) is 6.78. The number of nitrogens with zero attached hydrogens (tertiary/aromatic N) is 3. The van der Waals surface area contributed by atoms with Crippen LogP contribution in [0.1, 0.15) is 31.7 Å². The maximum atomic E-state index is 13.1. The Hall–Kier alpha value is -2.54. The first-order valence-corrected chi connectivity index (χ1v) is 9.89. The van der Waals surface area contributed by atoms with Crippen LogP contribution in [-0.2, 0) is 19.3 Å². The molecule has 0 amide bonds. The molecule has 29 heavy (non-hydrogen) atoms. The van der Waals surface area contributed by atoms with E-state index in [-0.39, 0.29) is 6.61 Å². The van der Waals surface area contributed by atoms with Gasteiger partial charge in [0.05, 0.1) is 16.6 Å². The summed E-state index contributed by atoms with van der Waals surface area (Å²) in [6, 6.07) is 13.1. The summed E-state index contributed by atoms with van der Waals surface area (Å²) in [6.45, 7) is 7.98. The minimum absolute atomic E-state index is 0.200. The van der Waals surface area contributed by atoms with Gasteiger partial charge in [-0.25, -0.2) is 4.98 Å². The Kier molecular flexibility index (Phi) is 6.79. The fourth-order valence-corrected chi connectivity index (χ4v) is 3.37. The molecular weight excluding hydrogens is 379 g/mol. The Bertz CT molecular complexity index is 918. The third-order valence-corrected chi connectivity index (χ3v) is 5.02. The second kappa shape index (κ2) is 9.31. The van der Waals surface area contributed by atoms with E-state index in [1.807, 2.05) is 34.9 Å². The molecule has 0 unspecified atom stereocenters. The molecular formula is C22H26F3N3O. The molecule has 0 radical (unpaired) electrons. The maximum Gasteiger partial charge on any atom is 0.416 e. The molecule has 2 aromatic carbocycles. The van der Waals surface area contributed by atoms with Crippen LogP contribution in [0, 0.1) is 0 Å². The topological polar surface area (TPSA) is 30.3 Å². The van der Waals surface area contributed by atoms with Gasteiger partial charge < -0.3 is 14.2 Å². The van der Waals surface area contributed by atoms with E-state index in [1.54, 1.807) is 0 Å². The van der Waals surface area contributed by atoms with Gasteiger partial charge in [0.25, 0.3) is 0 Å². The SMILES string of the molecule is CCN(CC)CCCn1c(COc2ccccc2)nc2cc(C(F)(F)F)ccc21. The number of hydrogen-bond donors (Lipinski definition) is 0. The lowest BCUT2D eigenvalue weighted by molar-refractivity contribution is -0.137. The van der Waals surface area contributed by atoms with Crippen LogP contribution in [0.25, 0.3) is 11.0 Å². The number of benzene rings is 2. The van der Waals surface area contributed by atoms with Gasteiger partial charge >= 0.3 is 6.18 Å². The number of para-hydroxylation sites is 1. The smallest absolute Gasteiger partial charge is 0.416 e. The van der Waals surface area contributed by atoms with Crippen LogP contribution >= 0.6 is 0 Å². The molecule has 4 nitrogen and oxygen atoms in total. The average molecular weight is 405 g/mol. The van der Waals surface area contributed by atoms with Crippen molar-refractivity contribution in [1.29, 1.82) is 0 Å². The largest absolute Gasteiger partial charge is 0.486 e. The molecule has 3 rings (SSSR count). The first-order chi connectivity index (χ1) is 13.9. The fraction of sp³-hybridized carbons (Fsp3) is 0.409. The number of halogens is 3. The zero-order valence-corrected chi connectivity index (χ0v) is 16.7. The van der Waals surface area contributed by atoms with Crippen molar-refractivity contribution < 1.29 is 17.9 Å². The predicted molar refractivity (Wildman–Crippen MR) is 108 cm³/mol. The zero-order chi connectivity index (χ0) is 20.9. The first-order valence-electron chi connectivity index (χ1n) is 9.89. The number of rotatable bonds is 9. The van der Waals surface area contributed by atoms with Crippen molar-refractivity contribution in [2.45, 2.75) is 39.6 Å². The number of hydrogen-bond acceptors (Lipinski definition) is 3. The molecule has 0 aliphatic carbocycles. The Morgan fingerprint density at radius 1 is 1.03 bits per heavy atom. The third-order valence-electron chi connectivity index (χ3n) is 5.02. The Labute approximate surface area is 168 Å². The molecule has 1 heterocycles. The van der Waals surface area contributed by atoms with E-state index >= 15 is 0 Å². The molecule has 1 aromatic heterocycles. The standard InChI is InChI=1S/C22H26F3N3O/c1-3-27(4-2)13-8-14-28-20-12-11-17(22(23,24)25)15-19(20)26-21(28)16-29-18-9-6-5-7-10-18/h5-7,9-12,15H,3-4,8,13-14,16H2,1-2H3. The van der Waals surface area contributed by atoms with E-state index in [4.69, 9.17) is 4.74 Å². The lowest BCUT2D eigenvalue weighted by atomic mass is 10.2. The quantitative estimate of drug-likeness (QED) is 0.480. The number of alkyl halides is 3. The molecule has 0 atom stereocenters. The highest BCUT2D eigenvalue weighted by atomic mass is 19.4. The fourth-order valence-electron chi connectivity index (χ4n) is 3.37. The van der Waals surface area contributed by atoms with Gasteiger partial charge in [-0.1, -0.05) is 32.0 Å². The van der Waals surface area contributed by atoms with Crippen molar-refractivity contribution in [3.8, 4) is 5.75 Å². The molecule has 0 saturated carbocycles. The Morgan fingerprint density at radius 3 is 2.41 bits per heavy atom. The zero-order valence-electron chi connectivity index (χ0n) is 16.7. The van der Waals surface area contributed by atoms with Gasteiger partial charge in [0.15, 0.2) is 0 Å². The molecule has 0 aliphatic rings. The number of imidazole rings is 1. The minimum Gasteiger partial charge on any atom is -0.486 e. The third kappa shape index (κ3) is 5.29. The van der Waals surface area contributed by atoms with Crippen molar-refractivity contribution in [2.24, 2.45) is 0 Å². The molecule has 0 saturated heterocycles. The van der Waals surface area contributed by atoms with Crippen LogP contribution in [0.2, 0.25) is 0 Å². The molecule has 0 aliphatic heterocycles. The van der Waals surface area contributed by atoms with E-state index in [0.29, 0.717) is 29.2 Å². The van der Waals surface area contributed by atoms with Crippen molar-refractivity contribution in [2.75, 3.05) is 19.6 Å². The van der Waals surface area contributed by atoms with Crippen LogP contribution < -0.4 is 4.74 Å². The van der Waals surface area contributed by atoms with Crippen LogP contribution in [0.4, 0.5) is 13.2 Å². The average Bonchev–Trinajstić information content (AvgIpc) is 3.06. The van der Waals surface area contributed by atoms with E-state index in [1.165, 1.54) is 6.07 Å². The molecule has 0 spiro atoms. The second-order valence-corrected chi connectivity index (χ2v) is 6.86. The summed E-state index contributed by atoms with van der Waals surface area (Å²) in [5.41, 5.74) is 0.354. The van der Waals surface area contributed by atoms with Gasteiger partial charge in [0, 0.05) is 6.54 Å². The van der Waals surface area contributed by atoms with Gasteiger partial charge in [-0.2, -0.15) is 13.2 Å². The lowest BCUT2D eigenvalue weighted by Gasteiger charge is -2.18. The monoisotopic (exact) mass is 405 g/mol. The van der Waals surface area contributed by atoms with Crippen LogP contribution in [0.15, 0.2) is 48.5 Å². The molecule has 0 bridgehead atoms. The summed E-state index contributed by atoms with van der Waals surface area (Å²) in [5.74, 6) is 1.33. The first kappa shape index (κ1) is 21.2. The number of aromatic nitrogens is 2. The Morgan fingerprint density at radius 2 is 1.76 bits per heavy atom. The summed E-state index contributed by atoms with van der Waals surface area (Å²) in [6.07, 6.45) is -3.51. The summed E-state index contributed by atoms with van der Waals surface area (Å²) in [5, 5.41) is 0. The second-order valence-electron chi connectivity index (χ2n) is 6.86. The Balaban J connectivity index is 1.86. The molecule has 0 N–H and O–H groups in total. The van der Waals surface area contributed by atoms with Crippen molar-refractivity contribution in [3.63, 3.8) is 0 Å². The molecule has 7 heteroatoms.